The minimum atomic E-state index is -0.500. The van der Waals surface area contributed by atoms with E-state index in [0.717, 1.165) is 32.3 Å². The van der Waals surface area contributed by atoms with Gasteiger partial charge >= 0.3 is 0 Å². The van der Waals surface area contributed by atoms with Gasteiger partial charge in [-0.25, -0.2) is 0 Å². The lowest BCUT2D eigenvalue weighted by atomic mass is 9.96. The molecule has 1 atom stereocenters. The van der Waals surface area contributed by atoms with Gasteiger partial charge in [0, 0.05) is 20.9 Å². The normalized spacial score (nSPS) is 18.8. The van der Waals surface area contributed by atoms with Gasteiger partial charge in [-0.3, -0.25) is 0 Å². The quantitative estimate of drug-likeness (QED) is 0.488. The minimum Gasteiger partial charge on any atom is -0.490 e. The third kappa shape index (κ3) is 5.20. The second-order valence-corrected chi connectivity index (χ2v) is 10.7. The van der Waals surface area contributed by atoms with Gasteiger partial charge in [-0.05, 0) is 42.8 Å². The van der Waals surface area contributed by atoms with Crippen LogP contribution in [0.5, 0.6) is 5.75 Å². The number of ether oxygens (including phenoxy) is 1. The number of allylic oxidation sites excluding steroid dienone is 4. The molecule has 0 fully saturated rings. The zero-order chi connectivity index (χ0) is 15.6. The number of hydrogen-bond donors (Lipinski definition) is 1. The second kappa shape index (κ2) is 7.30. The summed E-state index contributed by atoms with van der Waals surface area (Å²) in [4.78, 5) is 0. The number of aliphatic hydroxyl groups excluding tert-OH is 1. The molecule has 1 aromatic carbocycles. The van der Waals surface area contributed by atoms with E-state index in [9.17, 15) is 5.11 Å². The van der Waals surface area contributed by atoms with Gasteiger partial charge in [-0.1, -0.05) is 63.7 Å². The van der Waals surface area contributed by atoms with Crippen molar-refractivity contribution in [1.29, 1.82) is 0 Å². The molecule has 0 bridgehead atoms. The predicted octanol–water partition coefficient (Wildman–Crippen LogP) is 5.76. The molecule has 0 radical (unpaired) electrons. The molecular formula is C15H14Br4O2. The van der Waals surface area contributed by atoms with E-state index < -0.39 is 6.10 Å². The van der Waals surface area contributed by atoms with Crippen molar-refractivity contribution in [1.82, 2.24) is 0 Å². The number of rotatable bonds is 4. The Kier molecular flexibility index (Phi) is 6.16. The van der Waals surface area contributed by atoms with E-state index >= 15 is 0 Å². The van der Waals surface area contributed by atoms with Crippen LogP contribution in [0.4, 0.5) is 0 Å². The Hall–Kier alpha value is 0.380. The monoisotopic (exact) mass is 542 g/mol. The molecule has 0 spiro atoms. The summed E-state index contributed by atoms with van der Waals surface area (Å²) in [6.07, 6.45) is 4.42. The molecule has 0 saturated heterocycles. The molecule has 0 aromatic heterocycles. The zero-order valence-corrected chi connectivity index (χ0v) is 17.6. The minimum absolute atomic E-state index is 0.271. The lowest BCUT2D eigenvalue weighted by Gasteiger charge is -2.24. The average molecular weight is 546 g/mol. The zero-order valence-electron chi connectivity index (χ0n) is 11.2. The van der Waals surface area contributed by atoms with Crippen LogP contribution in [0.3, 0.4) is 0 Å². The van der Waals surface area contributed by atoms with Crippen molar-refractivity contribution in [3.8, 4) is 5.75 Å². The van der Waals surface area contributed by atoms with E-state index in [-0.39, 0.29) is 9.84 Å². The van der Waals surface area contributed by atoms with Gasteiger partial charge in [0.1, 0.15) is 15.6 Å². The summed E-state index contributed by atoms with van der Waals surface area (Å²) < 4.78 is 7.45. The molecule has 0 heterocycles. The van der Waals surface area contributed by atoms with E-state index in [4.69, 9.17) is 4.74 Å². The maximum absolute atomic E-state index is 9.41. The Labute approximate surface area is 158 Å². The van der Waals surface area contributed by atoms with Crippen LogP contribution in [0.1, 0.15) is 18.9 Å². The van der Waals surface area contributed by atoms with Gasteiger partial charge in [-0.15, -0.1) is 0 Å². The van der Waals surface area contributed by atoms with E-state index in [0.29, 0.717) is 0 Å². The highest BCUT2D eigenvalue weighted by molar-refractivity contribution is 9.25. The molecule has 2 nitrogen and oxygen atoms in total. The first-order valence-electron chi connectivity index (χ1n) is 6.34. The van der Waals surface area contributed by atoms with Gasteiger partial charge in [-0.2, -0.15) is 0 Å². The van der Waals surface area contributed by atoms with E-state index in [1.165, 1.54) is 0 Å². The standard InChI is InChI=1S/C15H14Br4O2/c1-9(20)8-21-14-3-2-11(16)5-13(14)10-4-12(17)7-15(18,19)6-10/h2-5,7,9,20H,6,8H2,1H3. The summed E-state index contributed by atoms with van der Waals surface area (Å²) in [7, 11) is 0. The lowest BCUT2D eigenvalue weighted by molar-refractivity contribution is 0.122. The van der Waals surface area contributed by atoms with Crippen molar-refractivity contribution in [2.24, 2.45) is 0 Å². The number of halogens is 4. The molecular weight excluding hydrogens is 532 g/mol. The summed E-state index contributed by atoms with van der Waals surface area (Å²) >= 11 is 14.3. The molecule has 1 N–H and O–H groups in total. The summed E-state index contributed by atoms with van der Waals surface area (Å²) in [5, 5.41) is 9.41. The van der Waals surface area contributed by atoms with Crippen molar-refractivity contribution in [2.75, 3.05) is 6.61 Å². The molecule has 1 aliphatic rings. The highest BCUT2D eigenvalue weighted by Gasteiger charge is 2.27. The van der Waals surface area contributed by atoms with Crippen LogP contribution in [-0.4, -0.2) is 21.1 Å². The Bertz CT molecular complexity index is 591. The van der Waals surface area contributed by atoms with E-state index in [1.807, 2.05) is 18.2 Å². The summed E-state index contributed by atoms with van der Waals surface area (Å²) in [6, 6.07) is 5.88. The van der Waals surface area contributed by atoms with Crippen LogP contribution in [0.15, 0.2) is 39.3 Å². The fourth-order valence-corrected chi connectivity index (χ4v) is 4.77. The summed E-state index contributed by atoms with van der Waals surface area (Å²) in [5.41, 5.74) is 2.15. The van der Waals surface area contributed by atoms with Crippen molar-refractivity contribution < 1.29 is 9.84 Å². The van der Waals surface area contributed by atoms with Crippen LogP contribution < -0.4 is 4.74 Å². The van der Waals surface area contributed by atoms with Gasteiger partial charge < -0.3 is 9.84 Å². The van der Waals surface area contributed by atoms with E-state index in [1.54, 1.807) is 6.92 Å². The molecule has 6 heteroatoms. The lowest BCUT2D eigenvalue weighted by Crippen LogP contribution is -2.15. The van der Waals surface area contributed by atoms with Crippen LogP contribution in [-0.2, 0) is 0 Å². The molecule has 1 aliphatic carbocycles. The highest BCUT2D eigenvalue weighted by Crippen LogP contribution is 2.45. The smallest absolute Gasteiger partial charge is 0.127 e. The molecule has 0 saturated carbocycles. The number of aliphatic hydroxyl groups is 1. The number of benzene rings is 1. The average Bonchev–Trinajstić information content (AvgIpc) is 2.34. The molecule has 0 aliphatic heterocycles. The van der Waals surface area contributed by atoms with Crippen LogP contribution >= 0.6 is 63.7 Å². The molecule has 1 unspecified atom stereocenters. The van der Waals surface area contributed by atoms with Gasteiger partial charge in [0.05, 0.1) is 6.10 Å². The van der Waals surface area contributed by atoms with Crippen LogP contribution in [0, 0.1) is 0 Å². The topological polar surface area (TPSA) is 29.5 Å². The largest absolute Gasteiger partial charge is 0.490 e. The van der Waals surface area contributed by atoms with Crippen molar-refractivity contribution in [3.05, 3.63) is 44.9 Å². The van der Waals surface area contributed by atoms with E-state index in [2.05, 4.69) is 75.9 Å². The van der Waals surface area contributed by atoms with Gasteiger partial charge in [0.15, 0.2) is 0 Å². The first-order chi connectivity index (χ1) is 9.77. The maximum Gasteiger partial charge on any atom is 0.127 e. The van der Waals surface area contributed by atoms with Crippen molar-refractivity contribution >= 4 is 69.3 Å². The van der Waals surface area contributed by atoms with Crippen molar-refractivity contribution in [3.63, 3.8) is 0 Å². The molecule has 2 rings (SSSR count). The molecule has 114 valence electrons. The van der Waals surface area contributed by atoms with Gasteiger partial charge in [0.2, 0.25) is 0 Å². The third-order valence-corrected chi connectivity index (χ3v) is 4.82. The molecule has 21 heavy (non-hydrogen) atoms. The fourth-order valence-electron chi connectivity index (χ4n) is 2.03. The van der Waals surface area contributed by atoms with Gasteiger partial charge in [0.25, 0.3) is 0 Å². The summed E-state index contributed by atoms with van der Waals surface area (Å²) in [5.74, 6) is 0.767. The number of hydrogen-bond acceptors (Lipinski definition) is 2. The first-order valence-corrected chi connectivity index (χ1v) is 9.51. The SMILES string of the molecule is CC(O)COc1ccc(Br)cc1C1=CC(Br)=CC(Br)(Br)C1. The van der Waals surface area contributed by atoms with Crippen molar-refractivity contribution in [2.45, 2.75) is 22.7 Å². The first kappa shape index (κ1) is 17.7. The maximum atomic E-state index is 9.41. The van der Waals surface area contributed by atoms with Crippen LogP contribution in [0.25, 0.3) is 5.57 Å². The molecule has 1 aromatic rings. The Morgan fingerprint density at radius 3 is 2.67 bits per heavy atom. The molecule has 0 amide bonds. The highest BCUT2D eigenvalue weighted by atomic mass is 79.9. The Morgan fingerprint density at radius 1 is 1.33 bits per heavy atom. The Balaban J connectivity index is 2.38. The fraction of sp³-hybridized carbons (Fsp3) is 0.333. The summed E-state index contributed by atoms with van der Waals surface area (Å²) in [6.45, 7) is 1.98. The number of alkyl halides is 2. The van der Waals surface area contributed by atoms with Crippen LogP contribution in [0.2, 0.25) is 0 Å². The second-order valence-electron chi connectivity index (χ2n) is 4.94. The third-order valence-electron chi connectivity index (χ3n) is 2.85. The predicted molar refractivity (Wildman–Crippen MR) is 102 cm³/mol. The Morgan fingerprint density at radius 2 is 2.05 bits per heavy atom.